The van der Waals surface area contributed by atoms with Gasteiger partial charge in [0.15, 0.2) is 5.82 Å². The Kier molecular flexibility index (Phi) is 3.00. The van der Waals surface area contributed by atoms with Crippen molar-refractivity contribution < 1.29 is 0 Å². The third-order valence-corrected chi connectivity index (χ3v) is 3.09. The molecule has 6 heteroatoms. The Hall–Kier alpha value is -2.21. The molecule has 0 saturated carbocycles. The monoisotopic (exact) mass is 256 g/mol. The number of nitrogens with zero attached hydrogens (tertiary/aromatic N) is 5. The molecule has 0 aliphatic carbocycles. The van der Waals surface area contributed by atoms with E-state index in [1.165, 1.54) is 0 Å². The molecule has 2 aromatic heterocycles. The largest absolute Gasteiger partial charge is 0.330 e. The first kappa shape index (κ1) is 11.9. The van der Waals surface area contributed by atoms with Crippen LogP contribution in [0.1, 0.15) is 11.6 Å². The minimum absolute atomic E-state index is 0.643. The lowest BCUT2D eigenvalue weighted by atomic mass is 10.3. The summed E-state index contributed by atoms with van der Waals surface area (Å²) in [6.45, 7) is 1.34. The molecule has 0 amide bonds. The van der Waals surface area contributed by atoms with E-state index in [0.717, 1.165) is 22.7 Å². The third kappa shape index (κ3) is 2.34. The molecule has 3 aromatic rings. The predicted molar refractivity (Wildman–Crippen MR) is 72.3 cm³/mol. The number of nitrogens with one attached hydrogen (secondary N) is 1. The maximum Gasteiger partial charge on any atom is 0.164 e. The summed E-state index contributed by atoms with van der Waals surface area (Å²) in [5.74, 6) is 1.80. The van der Waals surface area contributed by atoms with Gasteiger partial charge in [0.05, 0.1) is 24.1 Å². The summed E-state index contributed by atoms with van der Waals surface area (Å²) >= 11 is 0. The van der Waals surface area contributed by atoms with Crippen LogP contribution in [0.3, 0.4) is 0 Å². The van der Waals surface area contributed by atoms with Crippen LogP contribution in [0.25, 0.3) is 11.0 Å². The first-order valence-electron chi connectivity index (χ1n) is 6.19. The number of benzene rings is 1. The molecular weight excluding hydrogens is 240 g/mol. The van der Waals surface area contributed by atoms with Crippen LogP contribution in [-0.4, -0.2) is 24.3 Å². The SMILES string of the molecule is Cn1cnc(CNCc2nc3ccccc3n2C)n1. The fourth-order valence-electron chi connectivity index (χ4n) is 2.10. The number of imidazole rings is 1. The van der Waals surface area contributed by atoms with E-state index in [2.05, 4.69) is 31.0 Å². The van der Waals surface area contributed by atoms with Gasteiger partial charge in [-0.3, -0.25) is 4.68 Å². The van der Waals surface area contributed by atoms with Gasteiger partial charge in [-0.15, -0.1) is 0 Å². The molecule has 0 atom stereocenters. The van der Waals surface area contributed by atoms with Gasteiger partial charge in [0.1, 0.15) is 12.2 Å². The predicted octanol–water partition coefficient (Wildman–Crippen LogP) is 0.992. The number of aromatic nitrogens is 5. The highest BCUT2D eigenvalue weighted by Crippen LogP contribution is 2.13. The zero-order valence-electron chi connectivity index (χ0n) is 11.0. The lowest BCUT2D eigenvalue weighted by Crippen LogP contribution is -2.16. The van der Waals surface area contributed by atoms with Crippen molar-refractivity contribution in [2.75, 3.05) is 0 Å². The second kappa shape index (κ2) is 4.81. The summed E-state index contributed by atoms with van der Waals surface area (Å²) in [7, 11) is 3.90. The van der Waals surface area contributed by atoms with Crippen molar-refractivity contribution in [2.45, 2.75) is 13.1 Å². The molecule has 3 rings (SSSR count). The fourth-order valence-corrected chi connectivity index (χ4v) is 2.10. The van der Waals surface area contributed by atoms with Gasteiger partial charge < -0.3 is 9.88 Å². The molecular formula is C13H16N6. The van der Waals surface area contributed by atoms with Crippen LogP contribution in [0.15, 0.2) is 30.6 Å². The van der Waals surface area contributed by atoms with E-state index in [9.17, 15) is 0 Å². The maximum absolute atomic E-state index is 4.60. The highest BCUT2D eigenvalue weighted by atomic mass is 15.3. The highest BCUT2D eigenvalue weighted by molar-refractivity contribution is 5.75. The summed E-state index contributed by atoms with van der Waals surface area (Å²) in [4.78, 5) is 8.78. The van der Waals surface area contributed by atoms with Crippen LogP contribution in [0, 0.1) is 0 Å². The van der Waals surface area contributed by atoms with Crippen LogP contribution in [0.5, 0.6) is 0 Å². The lowest BCUT2D eigenvalue weighted by molar-refractivity contribution is 0.617. The zero-order chi connectivity index (χ0) is 13.2. The van der Waals surface area contributed by atoms with E-state index in [-0.39, 0.29) is 0 Å². The molecule has 1 aromatic carbocycles. The standard InChI is InChI=1S/C13H16N6/c1-18-9-15-12(17-18)7-14-8-13-16-10-5-3-4-6-11(10)19(13)2/h3-6,9,14H,7-8H2,1-2H3. The van der Waals surface area contributed by atoms with Gasteiger partial charge in [-0.1, -0.05) is 12.1 Å². The second-order valence-corrected chi connectivity index (χ2v) is 4.51. The highest BCUT2D eigenvalue weighted by Gasteiger charge is 2.06. The van der Waals surface area contributed by atoms with Crippen LogP contribution >= 0.6 is 0 Å². The van der Waals surface area contributed by atoms with Crippen LogP contribution in [-0.2, 0) is 27.2 Å². The van der Waals surface area contributed by atoms with E-state index in [1.807, 2.05) is 32.3 Å². The first-order valence-corrected chi connectivity index (χ1v) is 6.19. The molecule has 0 aliphatic rings. The molecule has 98 valence electrons. The van der Waals surface area contributed by atoms with Gasteiger partial charge in [0.25, 0.3) is 0 Å². The van der Waals surface area contributed by atoms with Crippen molar-refractivity contribution in [1.82, 2.24) is 29.6 Å². The van der Waals surface area contributed by atoms with E-state index in [0.29, 0.717) is 13.1 Å². The van der Waals surface area contributed by atoms with Crippen LogP contribution < -0.4 is 5.32 Å². The van der Waals surface area contributed by atoms with Crippen LogP contribution in [0.2, 0.25) is 0 Å². The van der Waals surface area contributed by atoms with Gasteiger partial charge >= 0.3 is 0 Å². The van der Waals surface area contributed by atoms with E-state index >= 15 is 0 Å². The molecule has 19 heavy (non-hydrogen) atoms. The third-order valence-electron chi connectivity index (χ3n) is 3.09. The average molecular weight is 256 g/mol. The van der Waals surface area contributed by atoms with Gasteiger partial charge in [0, 0.05) is 14.1 Å². The van der Waals surface area contributed by atoms with Crippen molar-refractivity contribution in [1.29, 1.82) is 0 Å². The average Bonchev–Trinajstić information content (AvgIpc) is 2.96. The van der Waals surface area contributed by atoms with E-state index < -0.39 is 0 Å². The van der Waals surface area contributed by atoms with Crippen molar-refractivity contribution >= 4 is 11.0 Å². The number of para-hydroxylation sites is 2. The first-order chi connectivity index (χ1) is 9.24. The molecule has 1 N–H and O–H groups in total. The molecule has 0 unspecified atom stereocenters. The van der Waals surface area contributed by atoms with E-state index in [4.69, 9.17) is 0 Å². The molecule has 0 fully saturated rings. The number of fused-ring (bicyclic) bond motifs is 1. The lowest BCUT2D eigenvalue weighted by Gasteiger charge is -2.03. The Morgan fingerprint density at radius 2 is 2.00 bits per heavy atom. The molecule has 2 heterocycles. The topological polar surface area (TPSA) is 60.6 Å². The van der Waals surface area contributed by atoms with Crippen LogP contribution in [0.4, 0.5) is 0 Å². The number of hydrogen-bond donors (Lipinski definition) is 1. The Labute approximate surface area is 111 Å². The summed E-state index contributed by atoms with van der Waals surface area (Å²) in [6, 6.07) is 8.13. The molecule has 0 aliphatic heterocycles. The Bertz CT molecular complexity index is 696. The molecule has 0 radical (unpaired) electrons. The second-order valence-electron chi connectivity index (χ2n) is 4.51. The van der Waals surface area contributed by atoms with Gasteiger partial charge in [-0.2, -0.15) is 5.10 Å². The van der Waals surface area contributed by atoms with Crippen molar-refractivity contribution in [3.8, 4) is 0 Å². The smallest absolute Gasteiger partial charge is 0.164 e. The number of hydrogen-bond acceptors (Lipinski definition) is 4. The minimum Gasteiger partial charge on any atom is -0.330 e. The van der Waals surface area contributed by atoms with Gasteiger partial charge in [-0.25, -0.2) is 9.97 Å². The number of rotatable bonds is 4. The summed E-state index contributed by atoms with van der Waals surface area (Å²) in [6.07, 6.45) is 1.70. The normalized spacial score (nSPS) is 11.3. The Morgan fingerprint density at radius 3 is 2.74 bits per heavy atom. The van der Waals surface area contributed by atoms with Crippen molar-refractivity contribution in [3.63, 3.8) is 0 Å². The van der Waals surface area contributed by atoms with Crippen molar-refractivity contribution in [3.05, 3.63) is 42.2 Å². The minimum atomic E-state index is 0.643. The Balaban J connectivity index is 1.70. The summed E-state index contributed by atoms with van der Waals surface area (Å²) < 4.78 is 3.81. The number of aryl methyl sites for hydroxylation is 2. The molecule has 0 saturated heterocycles. The Morgan fingerprint density at radius 1 is 1.16 bits per heavy atom. The maximum atomic E-state index is 4.60. The zero-order valence-corrected chi connectivity index (χ0v) is 11.0. The van der Waals surface area contributed by atoms with Crippen molar-refractivity contribution in [2.24, 2.45) is 14.1 Å². The fraction of sp³-hybridized carbons (Fsp3) is 0.308. The molecule has 6 nitrogen and oxygen atoms in total. The summed E-state index contributed by atoms with van der Waals surface area (Å²) in [5, 5.41) is 7.53. The molecule has 0 spiro atoms. The van der Waals surface area contributed by atoms with Gasteiger partial charge in [-0.05, 0) is 12.1 Å². The quantitative estimate of drug-likeness (QED) is 0.756. The molecule has 0 bridgehead atoms. The van der Waals surface area contributed by atoms with E-state index in [1.54, 1.807) is 11.0 Å². The van der Waals surface area contributed by atoms with Gasteiger partial charge in [0.2, 0.25) is 0 Å². The summed E-state index contributed by atoms with van der Waals surface area (Å²) in [5.41, 5.74) is 2.17.